The van der Waals surface area contributed by atoms with E-state index in [2.05, 4.69) is 4.98 Å². The number of sulfone groups is 1. The Morgan fingerprint density at radius 3 is 2.42 bits per heavy atom. The molecule has 1 aromatic heterocycles. The van der Waals surface area contributed by atoms with E-state index >= 15 is 0 Å². The molecule has 0 unspecified atom stereocenters. The van der Waals surface area contributed by atoms with E-state index in [9.17, 15) is 17.6 Å². The Balaban J connectivity index is 1.21. The average Bonchev–Trinajstić information content (AvgIpc) is 3.50. The summed E-state index contributed by atoms with van der Waals surface area (Å²) in [6, 6.07) is 30.8. The number of hydrogen-bond donors (Lipinski definition) is 0. The predicted molar refractivity (Wildman–Crippen MR) is 182 cm³/mol. The van der Waals surface area contributed by atoms with Crippen LogP contribution in [0.2, 0.25) is 0 Å². The summed E-state index contributed by atoms with van der Waals surface area (Å²) in [4.78, 5) is 21.5. The second-order valence-corrected chi connectivity index (χ2v) is 13.8. The van der Waals surface area contributed by atoms with Gasteiger partial charge in [-0.15, -0.1) is 0 Å². The zero-order valence-corrected chi connectivity index (χ0v) is 27.2. The first-order valence-electron chi connectivity index (χ1n) is 15.4. The maximum Gasteiger partial charge on any atom is 0.246 e. The molecule has 1 aliphatic heterocycles. The highest BCUT2D eigenvalue weighted by Crippen LogP contribution is 2.35. The van der Waals surface area contributed by atoms with Crippen LogP contribution in [-0.2, 0) is 34.3 Å². The zero-order valence-electron chi connectivity index (χ0n) is 26.4. The van der Waals surface area contributed by atoms with Gasteiger partial charge in [0.15, 0.2) is 15.6 Å². The smallest absolute Gasteiger partial charge is 0.246 e. The summed E-state index contributed by atoms with van der Waals surface area (Å²) in [5, 5.41) is 0. The quantitative estimate of drug-likeness (QED) is 0.156. The Hall–Kier alpha value is -5.42. The molecule has 0 saturated carbocycles. The fourth-order valence-electron chi connectivity index (χ4n) is 5.43. The van der Waals surface area contributed by atoms with Gasteiger partial charge in [0.1, 0.15) is 23.9 Å². The second-order valence-electron chi connectivity index (χ2n) is 11.6. The van der Waals surface area contributed by atoms with Crippen LogP contribution in [0, 0.1) is 5.82 Å². The number of anilines is 1. The Morgan fingerprint density at radius 1 is 0.854 bits per heavy atom. The average molecular weight is 667 g/mol. The molecule has 1 fully saturated rings. The van der Waals surface area contributed by atoms with Gasteiger partial charge in [-0.05, 0) is 53.6 Å². The van der Waals surface area contributed by atoms with Crippen molar-refractivity contribution in [3.05, 3.63) is 150 Å². The first-order valence-corrected chi connectivity index (χ1v) is 17.5. The summed E-state index contributed by atoms with van der Waals surface area (Å²) < 4.78 is 52.4. The van der Waals surface area contributed by atoms with E-state index in [4.69, 9.17) is 9.47 Å². The Kier molecular flexibility index (Phi) is 9.86. The van der Waals surface area contributed by atoms with Gasteiger partial charge in [-0.1, -0.05) is 60.7 Å². The van der Waals surface area contributed by atoms with Crippen molar-refractivity contribution in [3.63, 3.8) is 0 Å². The number of ether oxygens (including phenoxy) is 2. The van der Waals surface area contributed by atoms with Crippen LogP contribution in [0.3, 0.4) is 0 Å². The van der Waals surface area contributed by atoms with Crippen molar-refractivity contribution in [1.82, 2.24) is 14.5 Å². The van der Waals surface area contributed by atoms with Gasteiger partial charge in [-0.3, -0.25) is 4.79 Å². The monoisotopic (exact) mass is 666 g/mol. The van der Waals surface area contributed by atoms with Crippen LogP contribution in [0.4, 0.5) is 10.1 Å². The van der Waals surface area contributed by atoms with E-state index in [1.165, 1.54) is 18.4 Å². The molecule has 1 amide bonds. The molecule has 246 valence electrons. The van der Waals surface area contributed by atoms with Gasteiger partial charge in [0.05, 0.1) is 43.1 Å². The summed E-state index contributed by atoms with van der Waals surface area (Å²) >= 11 is 0. The van der Waals surface area contributed by atoms with Crippen LogP contribution in [0.15, 0.2) is 127 Å². The number of carbonyl (C=O) groups excluding carboxylic acids is 1. The lowest BCUT2D eigenvalue weighted by atomic mass is 10.1. The maximum absolute atomic E-state index is 13.8. The van der Waals surface area contributed by atoms with Gasteiger partial charge in [-0.25, -0.2) is 17.8 Å². The number of carbonyl (C=O) groups is 1. The molecule has 1 saturated heterocycles. The van der Waals surface area contributed by atoms with Crippen LogP contribution in [0.25, 0.3) is 0 Å². The van der Waals surface area contributed by atoms with Gasteiger partial charge in [0.2, 0.25) is 5.91 Å². The fraction of sp³-hybridized carbons (Fsp3) is 0.189. The molecule has 4 aromatic carbocycles. The molecule has 48 heavy (non-hydrogen) atoms. The molecule has 0 radical (unpaired) electrons. The van der Waals surface area contributed by atoms with E-state index < -0.39 is 9.84 Å². The van der Waals surface area contributed by atoms with Crippen LogP contribution < -0.4 is 14.4 Å². The first-order chi connectivity index (χ1) is 23.2. The van der Waals surface area contributed by atoms with Crippen LogP contribution in [0.5, 0.6) is 17.2 Å². The summed E-state index contributed by atoms with van der Waals surface area (Å²) in [6.45, 7) is 1.24. The molecule has 9 nitrogen and oxygen atoms in total. The SMILES string of the molecule is CS(=O)(=O)C/C=C1/CN(c2ccccc2Oc2cccc(OCc3ccccc3)c2)C(=O)CN1Cc1cncn1Cc1cccc(F)c1. The summed E-state index contributed by atoms with van der Waals surface area (Å²) in [6.07, 6.45) is 6.19. The van der Waals surface area contributed by atoms with Gasteiger partial charge >= 0.3 is 0 Å². The molecule has 0 aliphatic carbocycles. The van der Waals surface area contributed by atoms with Gasteiger partial charge < -0.3 is 23.8 Å². The zero-order chi connectivity index (χ0) is 33.5. The van der Waals surface area contributed by atoms with E-state index in [0.717, 1.165) is 16.8 Å². The molecule has 0 N–H and O–H groups in total. The molecular weight excluding hydrogens is 631 g/mol. The lowest BCUT2D eigenvalue weighted by Crippen LogP contribution is -2.49. The van der Waals surface area contributed by atoms with Gasteiger partial charge in [0, 0.05) is 30.8 Å². The molecule has 1 aliphatic rings. The predicted octanol–water partition coefficient (Wildman–Crippen LogP) is 6.22. The minimum atomic E-state index is -3.33. The van der Waals surface area contributed by atoms with E-state index in [0.29, 0.717) is 48.3 Å². The van der Waals surface area contributed by atoms with Crippen molar-refractivity contribution in [2.45, 2.75) is 19.7 Å². The van der Waals surface area contributed by atoms with Crippen molar-refractivity contribution in [1.29, 1.82) is 0 Å². The highest BCUT2D eigenvalue weighted by molar-refractivity contribution is 7.90. The van der Waals surface area contributed by atoms with Crippen molar-refractivity contribution < 1.29 is 27.1 Å². The minimum absolute atomic E-state index is 0.00210. The van der Waals surface area contributed by atoms with E-state index in [1.807, 2.05) is 76.2 Å². The number of amides is 1. The molecular formula is C37H35FN4O5S. The van der Waals surface area contributed by atoms with Crippen LogP contribution in [0.1, 0.15) is 16.8 Å². The minimum Gasteiger partial charge on any atom is -0.489 e. The highest BCUT2D eigenvalue weighted by Gasteiger charge is 2.31. The maximum atomic E-state index is 13.8. The molecule has 2 heterocycles. The molecule has 5 aromatic rings. The largest absolute Gasteiger partial charge is 0.489 e. The first kappa shape index (κ1) is 32.5. The fourth-order valence-corrected chi connectivity index (χ4v) is 5.93. The number of piperazine rings is 1. The topological polar surface area (TPSA) is 94.0 Å². The number of hydrogen-bond acceptors (Lipinski definition) is 7. The second kappa shape index (κ2) is 14.6. The number of imidazole rings is 1. The van der Waals surface area contributed by atoms with Crippen molar-refractivity contribution in [2.75, 3.05) is 30.0 Å². The summed E-state index contributed by atoms with van der Waals surface area (Å²) in [5.41, 5.74) is 3.84. The van der Waals surface area contributed by atoms with E-state index in [1.54, 1.807) is 47.8 Å². The van der Waals surface area contributed by atoms with Gasteiger partial charge in [-0.2, -0.15) is 0 Å². The van der Waals surface area contributed by atoms with E-state index in [-0.39, 0.29) is 30.6 Å². The van der Waals surface area contributed by atoms with Crippen molar-refractivity contribution >= 4 is 21.4 Å². The summed E-state index contributed by atoms with van der Waals surface area (Å²) in [5.74, 6) is 0.959. The third-order valence-electron chi connectivity index (χ3n) is 7.81. The lowest BCUT2D eigenvalue weighted by Gasteiger charge is -2.38. The molecule has 0 bridgehead atoms. The number of aromatic nitrogens is 2. The van der Waals surface area contributed by atoms with Crippen molar-refractivity contribution in [2.24, 2.45) is 0 Å². The van der Waals surface area contributed by atoms with Gasteiger partial charge in [0.25, 0.3) is 0 Å². The number of halogens is 1. The molecule has 11 heteroatoms. The Labute approximate surface area is 279 Å². The molecule has 0 spiro atoms. The van der Waals surface area contributed by atoms with Crippen molar-refractivity contribution in [3.8, 4) is 17.2 Å². The number of nitrogens with zero attached hydrogens (tertiary/aromatic N) is 4. The number of para-hydroxylation sites is 2. The Bertz CT molecular complexity index is 2030. The third-order valence-corrected chi connectivity index (χ3v) is 8.58. The van der Waals surface area contributed by atoms with Crippen LogP contribution >= 0.6 is 0 Å². The lowest BCUT2D eigenvalue weighted by molar-refractivity contribution is -0.120. The summed E-state index contributed by atoms with van der Waals surface area (Å²) in [7, 11) is -3.33. The normalized spacial score (nSPS) is 14.4. The van der Waals surface area contributed by atoms with Crippen LogP contribution in [-0.4, -0.2) is 53.9 Å². The molecule has 6 rings (SSSR count). The number of rotatable bonds is 12. The standard InChI is InChI=1S/C37H35FN4O5S/c1-48(44,45)18-17-31-24-42(37(43)25-40(31)23-32-21-39-27-41(32)22-29-11-7-12-30(38)19-29)35-15-5-6-16-36(35)47-34-14-8-13-33(20-34)46-26-28-9-3-2-4-10-28/h2-17,19-21,27H,18,22-26H2,1H3/b31-17-. The Morgan fingerprint density at radius 2 is 1.60 bits per heavy atom. The number of benzene rings is 4. The third kappa shape index (κ3) is 8.48. The highest BCUT2D eigenvalue weighted by atomic mass is 32.2. The molecule has 0 atom stereocenters.